The smallest absolute Gasteiger partial charge is 0.410 e. The highest BCUT2D eigenvalue weighted by Crippen LogP contribution is 2.35. The maximum atomic E-state index is 12.4. The molecule has 0 radical (unpaired) electrons. The summed E-state index contributed by atoms with van der Waals surface area (Å²) in [6.07, 6.45) is 1.13. The van der Waals surface area contributed by atoms with Crippen molar-refractivity contribution < 1.29 is 19.0 Å². The van der Waals surface area contributed by atoms with Crippen molar-refractivity contribution in [3.8, 4) is 5.88 Å². The van der Waals surface area contributed by atoms with Crippen LogP contribution in [0.5, 0.6) is 5.88 Å². The summed E-state index contributed by atoms with van der Waals surface area (Å²) in [7, 11) is 0. The minimum atomic E-state index is -0.290. The lowest BCUT2D eigenvalue weighted by molar-refractivity contribution is -0.111. The molecule has 2 bridgehead atoms. The van der Waals surface area contributed by atoms with E-state index in [1.807, 2.05) is 26.8 Å². The highest BCUT2D eigenvalue weighted by molar-refractivity contribution is 6.33. The van der Waals surface area contributed by atoms with E-state index in [9.17, 15) is 4.79 Å². The number of fused-ring (bicyclic) bond motifs is 2. The van der Waals surface area contributed by atoms with Gasteiger partial charge in [0, 0.05) is 42.4 Å². The predicted octanol–water partition coefficient (Wildman–Crippen LogP) is 5.21. The van der Waals surface area contributed by atoms with Crippen LogP contribution in [0.3, 0.4) is 0 Å². The van der Waals surface area contributed by atoms with Gasteiger partial charge in [0.1, 0.15) is 6.10 Å². The topological polar surface area (TPSA) is 77.3 Å². The molecule has 2 aliphatic heterocycles. The summed E-state index contributed by atoms with van der Waals surface area (Å²) in [6.45, 7) is 14.8. The van der Waals surface area contributed by atoms with Gasteiger partial charge in [0.15, 0.2) is 5.69 Å². The number of hydrogen-bond acceptors (Lipinski definition) is 6. The summed E-state index contributed by atoms with van der Waals surface area (Å²) in [5, 5.41) is 3.78. The van der Waals surface area contributed by atoms with E-state index in [1.165, 1.54) is 0 Å². The highest BCUT2D eigenvalue weighted by Gasteiger charge is 2.44. The number of pyridine rings is 1. The number of amides is 1. The zero-order chi connectivity index (χ0) is 23.5. The Morgan fingerprint density at radius 2 is 2.00 bits per heavy atom. The molecule has 1 amide bonds. The first kappa shape index (κ1) is 23.1. The maximum absolute atomic E-state index is 12.4. The van der Waals surface area contributed by atoms with Crippen molar-refractivity contribution in [1.82, 2.24) is 9.88 Å². The second-order valence-corrected chi connectivity index (χ2v) is 9.07. The largest absolute Gasteiger partial charge is 0.473 e. The molecule has 33 heavy (non-hydrogen) atoms. The number of carbonyl (C=O) groups is 1. The van der Waals surface area contributed by atoms with Gasteiger partial charge < -0.3 is 24.4 Å². The lowest BCUT2D eigenvalue weighted by Gasteiger charge is -2.46. The lowest BCUT2D eigenvalue weighted by Crippen LogP contribution is -2.58. The van der Waals surface area contributed by atoms with Gasteiger partial charge in [-0.2, -0.15) is 0 Å². The van der Waals surface area contributed by atoms with E-state index in [4.69, 9.17) is 32.4 Å². The van der Waals surface area contributed by atoms with Gasteiger partial charge in [0.05, 0.1) is 36.6 Å². The van der Waals surface area contributed by atoms with Gasteiger partial charge in [-0.15, -0.1) is 0 Å². The molecule has 2 aliphatic rings. The normalized spacial score (nSPS) is 21.9. The van der Waals surface area contributed by atoms with Crippen molar-refractivity contribution in [1.29, 1.82) is 0 Å². The third-order valence-electron chi connectivity index (χ3n) is 5.85. The molecule has 2 aromatic rings. The van der Waals surface area contributed by atoms with Gasteiger partial charge in [-0.3, -0.25) is 0 Å². The molecule has 2 atom stereocenters. The van der Waals surface area contributed by atoms with Gasteiger partial charge in [0.2, 0.25) is 5.88 Å². The number of benzene rings is 1. The maximum Gasteiger partial charge on any atom is 0.410 e. The number of likely N-dealkylation sites (tertiary alicyclic amines) is 1. The van der Waals surface area contributed by atoms with Crippen molar-refractivity contribution in [2.45, 2.75) is 33.0 Å². The molecule has 0 spiro atoms. The minimum absolute atomic E-state index is 0.0330. The van der Waals surface area contributed by atoms with Crippen molar-refractivity contribution in [3.05, 3.63) is 52.5 Å². The summed E-state index contributed by atoms with van der Waals surface area (Å²) < 4.78 is 17.6. The van der Waals surface area contributed by atoms with E-state index < -0.39 is 0 Å². The Balaban J connectivity index is 1.49. The Kier molecular flexibility index (Phi) is 6.91. The zero-order valence-corrected chi connectivity index (χ0v) is 19.6. The van der Waals surface area contributed by atoms with E-state index in [0.29, 0.717) is 48.6 Å². The predicted molar refractivity (Wildman–Crippen MR) is 125 cm³/mol. The second kappa shape index (κ2) is 9.86. The van der Waals surface area contributed by atoms with Crippen LogP contribution in [0, 0.1) is 25.3 Å². The van der Waals surface area contributed by atoms with E-state index >= 15 is 0 Å². The third-order valence-corrected chi connectivity index (χ3v) is 6.17. The third kappa shape index (κ3) is 5.15. The molecule has 8 nitrogen and oxygen atoms in total. The molecule has 2 unspecified atom stereocenters. The molecule has 174 valence electrons. The first-order valence-corrected chi connectivity index (χ1v) is 11.3. The number of rotatable bonds is 5. The molecule has 1 N–H and O–H groups in total. The zero-order valence-electron chi connectivity index (χ0n) is 18.9. The van der Waals surface area contributed by atoms with Crippen LogP contribution in [0.1, 0.15) is 19.4 Å². The van der Waals surface area contributed by atoms with E-state index in [1.54, 1.807) is 29.3 Å². The fourth-order valence-corrected chi connectivity index (χ4v) is 4.46. The number of aromatic nitrogens is 1. The van der Waals surface area contributed by atoms with Gasteiger partial charge in [-0.1, -0.05) is 17.7 Å². The van der Waals surface area contributed by atoms with Gasteiger partial charge in [-0.25, -0.2) is 14.6 Å². The van der Waals surface area contributed by atoms with Crippen LogP contribution in [0.2, 0.25) is 5.02 Å². The van der Waals surface area contributed by atoms with Gasteiger partial charge in [0.25, 0.3) is 0 Å². The molecular weight excluding hydrogens is 444 g/mol. The van der Waals surface area contributed by atoms with Crippen LogP contribution in [-0.4, -0.2) is 54.5 Å². The Hall–Kier alpha value is -3.02. The molecule has 0 saturated carbocycles. The van der Waals surface area contributed by atoms with Crippen molar-refractivity contribution in [3.63, 3.8) is 0 Å². The number of nitrogens with one attached hydrogen (secondary N) is 1. The number of hydrogen-bond donors (Lipinski definition) is 1. The molecule has 1 aromatic carbocycles. The van der Waals surface area contributed by atoms with Crippen molar-refractivity contribution >= 4 is 34.8 Å². The summed E-state index contributed by atoms with van der Waals surface area (Å²) in [4.78, 5) is 22.0. The quantitative estimate of drug-likeness (QED) is 0.604. The van der Waals surface area contributed by atoms with Crippen LogP contribution >= 0.6 is 11.6 Å². The van der Waals surface area contributed by atoms with E-state index in [0.717, 1.165) is 11.3 Å². The van der Waals surface area contributed by atoms with E-state index in [2.05, 4.69) is 15.1 Å². The standard InChI is InChI=1S/C24H27ClN4O4/c1-14(2)32-24(30)29-10-16-12-31-13-17(11-29)22(16)33-23-15(3)20(7-8-27-23)28-21-6-5-18(26-4)9-19(21)25/h5-9,14,16-17,22H,10-13H2,1-3H3,(H,27,28). The summed E-state index contributed by atoms with van der Waals surface area (Å²) in [5.74, 6) is 0.602. The number of anilines is 2. The lowest BCUT2D eigenvalue weighted by atomic mass is 9.84. The van der Waals surface area contributed by atoms with Gasteiger partial charge in [-0.05, 0) is 39.0 Å². The van der Waals surface area contributed by atoms with Gasteiger partial charge >= 0.3 is 6.09 Å². The monoisotopic (exact) mass is 470 g/mol. The molecule has 2 saturated heterocycles. The first-order chi connectivity index (χ1) is 15.9. The van der Waals surface area contributed by atoms with Crippen molar-refractivity contribution in [2.24, 2.45) is 11.8 Å². The van der Waals surface area contributed by atoms with Crippen LogP contribution in [0.4, 0.5) is 21.9 Å². The highest BCUT2D eigenvalue weighted by atomic mass is 35.5. The molecule has 0 aliphatic carbocycles. The average Bonchev–Trinajstić information content (AvgIpc) is 2.76. The number of piperidine rings is 1. The molecule has 3 heterocycles. The molecule has 4 rings (SSSR count). The summed E-state index contributed by atoms with van der Waals surface area (Å²) in [5.41, 5.74) is 2.85. The Morgan fingerprint density at radius 1 is 1.27 bits per heavy atom. The average molecular weight is 471 g/mol. The van der Waals surface area contributed by atoms with E-state index in [-0.39, 0.29) is 30.1 Å². The fraction of sp³-hybridized carbons (Fsp3) is 0.458. The Labute approximate surface area is 198 Å². The Morgan fingerprint density at radius 3 is 2.64 bits per heavy atom. The second-order valence-electron chi connectivity index (χ2n) is 8.67. The minimum Gasteiger partial charge on any atom is -0.473 e. The van der Waals surface area contributed by atoms with Crippen LogP contribution in [-0.2, 0) is 9.47 Å². The summed E-state index contributed by atoms with van der Waals surface area (Å²) >= 11 is 6.33. The Bertz CT molecular complexity index is 1060. The molecule has 1 aromatic heterocycles. The summed E-state index contributed by atoms with van der Waals surface area (Å²) in [6, 6.07) is 6.98. The molecular formula is C24H27ClN4O4. The number of carbonyl (C=O) groups excluding carboxylic acids is 1. The molecule has 2 fully saturated rings. The van der Waals surface area contributed by atoms with Crippen LogP contribution < -0.4 is 10.1 Å². The fourth-order valence-electron chi connectivity index (χ4n) is 4.24. The number of ether oxygens (including phenoxy) is 3. The SMILES string of the molecule is [C-]#[N+]c1ccc(Nc2ccnc(OC3C4COCC3CN(C(=O)OC(C)C)C4)c2C)c(Cl)c1. The first-order valence-electron chi connectivity index (χ1n) is 10.9. The number of halogens is 1. The van der Waals surface area contributed by atoms with Crippen molar-refractivity contribution in [2.75, 3.05) is 31.6 Å². The molecule has 9 heteroatoms. The van der Waals surface area contributed by atoms with Crippen LogP contribution in [0.15, 0.2) is 30.5 Å². The van der Waals surface area contributed by atoms with Crippen LogP contribution in [0.25, 0.3) is 4.85 Å². The number of nitrogens with zero attached hydrogens (tertiary/aromatic N) is 3.